The number of hydrogen-bond donors (Lipinski definition) is 3. The van der Waals surface area contributed by atoms with Gasteiger partial charge in [-0.1, -0.05) is 0 Å². The van der Waals surface area contributed by atoms with Crippen molar-refractivity contribution in [3.63, 3.8) is 0 Å². The molecule has 4 rings (SSSR count). The monoisotopic (exact) mass is 643 g/mol. The van der Waals surface area contributed by atoms with Crippen molar-refractivity contribution in [1.29, 1.82) is 0 Å². The van der Waals surface area contributed by atoms with Crippen LogP contribution in [0.15, 0.2) is 0 Å². The average Bonchev–Trinajstić information content (AvgIpc) is 3.34. The van der Waals surface area contributed by atoms with Crippen LogP contribution in [0.3, 0.4) is 0 Å². The Morgan fingerprint density at radius 3 is 2.04 bits per heavy atom. The van der Waals surface area contributed by atoms with Crippen LogP contribution in [-0.4, -0.2) is 46.7 Å². The number of fused-ring (bicyclic) bond motifs is 3. The van der Waals surface area contributed by atoms with E-state index in [9.17, 15) is 36.2 Å². The summed E-state index contributed by atoms with van der Waals surface area (Å²) in [7, 11) is 0. The van der Waals surface area contributed by atoms with Crippen LogP contribution in [0.1, 0.15) is 32.6 Å². The van der Waals surface area contributed by atoms with Crippen molar-refractivity contribution in [3.05, 3.63) is 0 Å². The van der Waals surface area contributed by atoms with Crippen LogP contribution in [0.2, 0.25) is 0 Å². The summed E-state index contributed by atoms with van der Waals surface area (Å²) in [6, 6.07) is 0. The van der Waals surface area contributed by atoms with Crippen molar-refractivity contribution >= 4 is 26.3 Å². The summed E-state index contributed by atoms with van der Waals surface area (Å²) >= 11 is -2.62. The number of aliphatic hydroxyl groups is 1. The molecule has 2 heterocycles. The molecule has 4 fully saturated rings. The molecule has 4 unspecified atom stereocenters. The van der Waals surface area contributed by atoms with Gasteiger partial charge in [0.15, 0.2) is 0 Å². The third-order valence-corrected chi connectivity index (χ3v) is 15.9. The van der Waals surface area contributed by atoms with Gasteiger partial charge in [-0.05, 0) is 0 Å². The van der Waals surface area contributed by atoms with Crippen LogP contribution in [-0.2, 0) is 9.53 Å². The second-order valence-corrected chi connectivity index (χ2v) is 15.4. The van der Waals surface area contributed by atoms with Gasteiger partial charge in [-0.25, -0.2) is 0 Å². The molecule has 2 bridgehead atoms. The van der Waals surface area contributed by atoms with Crippen LogP contribution in [0.25, 0.3) is 0 Å². The molecule has 2 aliphatic carbocycles. The molecular weight excluding hydrogens is 624 g/mol. The van der Waals surface area contributed by atoms with E-state index in [1.807, 2.05) is 0 Å². The quantitative estimate of drug-likeness (QED) is 0.0724. The molecule has 4 aliphatic rings. The SMILES string of the molecule is C[I-]C(C)(C(=O)OC1(C(O)(C(F)(F)F)C(F)(F)F)CC2CCC1C2)C12NI1N2. The first-order chi connectivity index (χ1) is 12.7. The zero-order valence-electron chi connectivity index (χ0n) is 14.8. The van der Waals surface area contributed by atoms with Crippen molar-refractivity contribution in [2.45, 2.75) is 63.3 Å². The Hall–Kier alpha value is 0.390. The van der Waals surface area contributed by atoms with Crippen molar-refractivity contribution in [2.24, 2.45) is 11.8 Å². The summed E-state index contributed by atoms with van der Waals surface area (Å²) < 4.78 is 92.1. The van der Waals surface area contributed by atoms with Gasteiger partial charge in [0.25, 0.3) is 0 Å². The van der Waals surface area contributed by atoms with Gasteiger partial charge < -0.3 is 0 Å². The van der Waals surface area contributed by atoms with E-state index in [1.165, 1.54) is 6.92 Å². The van der Waals surface area contributed by atoms with Crippen molar-refractivity contribution in [3.8, 4) is 0 Å². The zero-order valence-corrected chi connectivity index (χ0v) is 19.1. The van der Waals surface area contributed by atoms with E-state index >= 15 is 0 Å². The number of esters is 1. The van der Waals surface area contributed by atoms with Crippen LogP contribution in [0.5, 0.6) is 0 Å². The summed E-state index contributed by atoms with van der Waals surface area (Å²) in [5.41, 5.74) is -8.14. The van der Waals surface area contributed by atoms with E-state index in [1.54, 1.807) is 4.93 Å². The summed E-state index contributed by atoms with van der Waals surface area (Å²) in [6.45, 7) is 1.54. The number of alkyl halides is 9. The van der Waals surface area contributed by atoms with Gasteiger partial charge >= 0.3 is 176 Å². The number of nitrogens with one attached hydrogen (secondary N) is 2. The maximum atomic E-state index is 13.7. The minimum atomic E-state index is -6.03. The van der Waals surface area contributed by atoms with E-state index in [-0.39, 0.29) is 12.8 Å². The van der Waals surface area contributed by atoms with Gasteiger partial charge in [-0.15, -0.1) is 0 Å². The third kappa shape index (κ3) is 2.51. The van der Waals surface area contributed by atoms with E-state index < -0.39 is 96.4 Å². The predicted molar refractivity (Wildman–Crippen MR) is 88.7 cm³/mol. The molecule has 2 saturated carbocycles. The molecule has 2 aliphatic heterocycles. The number of halogens is 8. The van der Waals surface area contributed by atoms with E-state index in [4.69, 9.17) is 4.74 Å². The number of carbonyl (C=O) groups is 1. The fraction of sp³-hybridized carbons (Fsp3) is 0.933. The Labute approximate surface area is 175 Å². The topological polar surface area (TPSA) is 90.4 Å². The van der Waals surface area contributed by atoms with E-state index in [2.05, 4.69) is 7.06 Å². The molecule has 0 aromatic heterocycles. The van der Waals surface area contributed by atoms with Crippen molar-refractivity contribution < 1.29 is 62.2 Å². The van der Waals surface area contributed by atoms with Gasteiger partial charge in [-0.2, -0.15) is 0 Å². The first-order valence-corrected chi connectivity index (χ1v) is 15.0. The standard InChI is InChI=1S/C15H19F6I2N2O3/c1-10(22-2,15-23(24-15)25-15)9(26)28-11(6-7-3-4-8(11)5-7)12(27,13(16,17)18)14(19,20)21/h7-8,24-25,27H,3-6H2,1-2H3/q-1. The molecule has 0 radical (unpaired) electrons. The Bertz CT molecular complexity index is 699. The Kier molecular flexibility index (Phi) is 4.63. The number of rotatable bonds is 5. The number of carbonyl (C=O) groups excluding carboxylic acids is 1. The van der Waals surface area contributed by atoms with Gasteiger partial charge in [-0.3, -0.25) is 0 Å². The predicted octanol–water partition coefficient (Wildman–Crippen LogP) is -0.382. The molecule has 5 nitrogen and oxygen atoms in total. The average molecular weight is 643 g/mol. The van der Waals surface area contributed by atoms with E-state index in [0.717, 1.165) is 0 Å². The summed E-state index contributed by atoms with van der Waals surface area (Å²) in [6.07, 6.45) is -12.1. The zero-order chi connectivity index (χ0) is 21.0. The summed E-state index contributed by atoms with van der Waals surface area (Å²) in [5, 5.41) is 10.2. The van der Waals surface area contributed by atoms with Crippen molar-refractivity contribution in [1.82, 2.24) is 7.06 Å². The maximum absolute atomic E-state index is 13.7. The minimum absolute atomic E-state index is 0.0600. The van der Waals surface area contributed by atoms with Gasteiger partial charge in [0.05, 0.1) is 0 Å². The molecule has 0 aromatic carbocycles. The second kappa shape index (κ2) is 6.00. The molecular formula is C15H19F6I2N2O3-. The summed E-state index contributed by atoms with van der Waals surface area (Å²) in [4.78, 5) is 14.8. The molecule has 0 spiro atoms. The normalized spacial score (nSPS) is 36.8. The number of ether oxygens (including phenoxy) is 1. The third-order valence-electron chi connectivity index (χ3n) is 6.57. The van der Waals surface area contributed by atoms with Gasteiger partial charge in [0, 0.05) is 0 Å². The molecule has 164 valence electrons. The fourth-order valence-corrected chi connectivity index (χ4v) is 15.0. The van der Waals surface area contributed by atoms with Gasteiger partial charge in [0.1, 0.15) is 0 Å². The molecule has 3 N–H and O–H groups in total. The number of hydrogen-bond acceptors (Lipinski definition) is 5. The van der Waals surface area contributed by atoms with Crippen molar-refractivity contribution in [2.75, 3.05) is 4.93 Å². The Morgan fingerprint density at radius 1 is 1.18 bits per heavy atom. The molecule has 0 amide bonds. The first kappa shape index (κ1) is 21.6. The molecule has 4 atom stereocenters. The Balaban J connectivity index is 1.77. The Morgan fingerprint density at radius 2 is 1.71 bits per heavy atom. The van der Waals surface area contributed by atoms with Gasteiger partial charge in [0.2, 0.25) is 0 Å². The van der Waals surface area contributed by atoms with E-state index in [0.29, 0.717) is 6.42 Å². The molecule has 2 saturated heterocycles. The van der Waals surface area contributed by atoms with Crippen LogP contribution in [0, 0.1) is 11.8 Å². The van der Waals surface area contributed by atoms with Crippen LogP contribution >= 0.6 is 20.4 Å². The molecule has 28 heavy (non-hydrogen) atoms. The first-order valence-electron chi connectivity index (χ1n) is 8.54. The van der Waals surface area contributed by atoms with Crippen LogP contribution in [0.4, 0.5) is 26.3 Å². The molecule has 0 aromatic rings. The second-order valence-electron chi connectivity index (χ2n) is 7.89. The summed E-state index contributed by atoms with van der Waals surface area (Å²) in [5.74, 6) is -2.68. The molecule has 13 heteroatoms. The fourth-order valence-electron chi connectivity index (χ4n) is 4.75. The van der Waals surface area contributed by atoms with Crippen LogP contribution < -0.4 is 28.3 Å².